The van der Waals surface area contributed by atoms with Crippen molar-refractivity contribution in [2.75, 3.05) is 0 Å². The number of thiophene rings is 1. The number of aromatic nitrogens is 1. The van der Waals surface area contributed by atoms with Crippen LogP contribution in [0.25, 0.3) is 11.8 Å². The molecule has 0 unspecified atom stereocenters. The van der Waals surface area contributed by atoms with Gasteiger partial charge in [0.1, 0.15) is 11.6 Å². The van der Waals surface area contributed by atoms with Crippen molar-refractivity contribution in [1.29, 1.82) is 5.26 Å². The summed E-state index contributed by atoms with van der Waals surface area (Å²) in [5.74, 6) is -0.225. The summed E-state index contributed by atoms with van der Waals surface area (Å²) in [6.45, 7) is 4.01. The first kappa shape index (κ1) is 16.0. The molecule has 0 aliphatic rings. The maximum atomic E-state index is 12.4. The third-order valence-electron chi connectivity index (χ3n) is 3.89. The van der Waals surface area contributed by atoms with Crippen LogP contribution in [-0.4, -0.2) is 10.4 Å². The standard InChI is InChI=1S/C20H16N2OS/c1-14-11-16(15(2)22(14)18-7-4-3-5-8-18)12-17(13-21)20(23)19-9-6-10-24-19/h3-12H,1-2H3/b17-12+. The number of hydrogen-bond acceptors (Lipinski definition) is 3. The van der Waals surface area contributed by atoms with E-state index in [0.29, 0.717) is 4.88 Å². The van der Waals surface area contributed by atoms with Gasteiger partial charge in [0.2, 0.25) is 5.78 Å². The van der Waals surface area contributed by atoms with E-state index >= 15 is 0 Å². The number of allylic oxidation sites excluding steroid dienone is 1. The number of nitriles is 1. The zero-order valence-electron chi connectivity index (χ0n) is 13.5. The summed E-state index contributed by atoms with van der Waals surface area (Å²) in [4.78, 5) is 13.0. The highest BCUT2D eigenvalue weighted by molar-refractivity contribution is 7.12. The summed E-state index contributed by atoms with van der Waals surface area (Å²) < 4.78 is 2.12. The van der Waals surface area contributed by atoms with Crippen molar-refractivity contribution in [3.05, 3.63) is 81.3 Å². The molecule has 3 rings (SSSR count). The number of hydrogen-bond donors (Lipinski definition) is 0. The quantitative estimate of drug-likeness (QED) is 0.386. The van der Waals surface area contributed by atoms with Gasteiger partial charge in [-0.05, 0) is 55.1 Å². The van der Waals surface area contributed by atoms with Crippen LogP contribution >= 0.6 is 11.3 Å². The lowest BCUT2D eigenvalue weighted by molar-refractivity contribution is 0.104. The minimum atomic E-state index is -0.225. The molecule has 0 spiro atoms. The third-order valence-corrected chi connectivity index (χ3v) is 4.76. The van der Waals surface area contributed by atoms with Crippen molar-refractivity contribution in [3.8, 4) is 11.8 Å². The largest absolute Gasteiger partial charge is 0.318 e. The summed E-state index contributed by atoms with van der Waals surface area (Å²) in [7, 11) is 0. The molecule has 3 nitrogen and oxygen atoms in total. The SMILES string of the molecule is Cc1cc(/C=C(\C#N)C(=O)c2cccs2)c(C)n1-c1ccccc1. The molecule has 0 aliphatic carbocycles. The van der Waals surface area contributed by atoms with Gasteiger partial charge in [0.05, 0.1) is 4.88 Å². The van der Waals surface area contributed by atoms with Crippen LogP contribution in [0.5, 0.6) is 0 Å². The maximum absolute atomic E-state index is 12.4. The molecule has 0 amide bonds. The van der Waals surface area contributed by atoms with Crippen LogP contribution < -0.4 is 0 Å². The Hall–Kier alpha value is -2.90. The number of Topliss-reactive ketones (excluding diaryl/α,β-unsaturated/α-hetero) is 1. The van der Waals surface area contributed by atoms with Gasteiger partial charge in [0.15, 0.2) is 0 Å². The molecular formula is C20H16N2OS. The van der Waals surface area contributed by atoms with Gasteiger partial charge in [-0.15, -0.1) is 11.3 Å². The van der Waals surface area contributed by atoms with Crippen molar-refractivity contribution >= 4 is 23.2 Å². The highest BCUT2D eigenvalue weighted by Crippen LogP contribution is 2.24. The highest BCUT2D eigenvalue weighted by atomic mass is 32.1. The average molecular weight is 332 g/mol. The topological polar surface area (TPSA) is 45.8 Å². The lowest BCUT2D eigenvalue weighted by Crippen LogP contribution is -2.00. The van der Waals surface area contributed by atoms with Crippen molar-refractivity contribution in [2.45, 2.75) is 13.8 Å². The Morgan fingerprint density at radius 3 is 2.54 bits per heavy atom. The lowest BCUT2D eigenvalue weighted by Gasteiger charge is -2.09. The van der Waals surface area contributed by atoms with E-state index in [9.17, 15) is 10.1 Å². The van der Waals surface area contributed by atoms with Gasteiger partial charge < -0.3 is 4.57 Å². The van der Waals surface area contributed by atoms with Gasteiger partial charge in [0, 0.05) is 17.1 Å². The number of rotatable bonds is 4. The second-order valence-electron chi connectivity index (χ2n) is 5.47. The fourth-order valence-corrected chi connectivity index (χ4v) is 3.43. The van der Waals surface area contributed by atoms with Gasteiger partial charge >= 0.3 is 0 Å². The summed E-state index contributed by atoms with van der Waals surface area (Å²) >= 11 is 1.35. The van der Waals surface area contributed by atoms with E-state index in [1.54, 1.807) is 12.1 Å². The number of ketones is 1. The molecule has 0 fully saturated rings. The van der Waals surface area contributed by atoms with Crippen molar-refractivity contribution in [2.24, 2.45) is 0 Å². The molecule has 0 atom stereocenters. The smallest absolute Gasteiger partial charge is 0.213 e. The number of para-hydroxylation sites is 1. The zero-order chi connectivity index (χ0) is 17.1. The summed E-state index contributed by atoms with van der Waals surface area (Å²) in [6.07, 6.45) is 1.68. The van der Waals surface area contributed by atoms with E-state index in [2.05, 4.69) is 4.57 Å². The summed E-state index contributed by atoms with van der Waals surface area (Å²) in [5.41, 5.74) is 4.18. The molecule has 2 aromatic heterocycles. The molecule has 0 radical (unpaired) electrons. The van der Waals surface area contributed by atoms with Crippen LogP contribution in [0.1, 0.15) is 26.6 Å². The van der Waals surface area contributed by atoms with E-state index < -0.39 is 0 Å². The van der Waals surface area contributed by atoms with Crippen LogP contribution in [-0.2, 0) is 0 Å². The van der Waals surface area contributed by atoms with Crippen molar-refractivity contribution in [1.82, 2.24) is 4.57 Å². The molecule has 1 aromatic carbocycles. The first-order valence-electron chi connectivity index (χ1n) is 7.56. The number of aryl methyl sites for hydroxylation is 1. The van der Waals surface area contributed by atoms with E-state index in [4.69, 9.17) is 0 Å². The average Bonchev–Trinajstić information content (AvgIpc) is 3.21. The van der Waals surface area contributed by atoms with E-state index in [0.717, 1.165) is 22.6 Å². The molecule has 0 N–H and O–H groups in total. The fourth-order valence-electron chi connectivity index (χ4n) is 2.75. The van der Waals surface area contributed by atoms with Gasteiger partial charge in [-0.3, -0.25) is 4.79 Å². The first-order valence-corrected chi connectivity index (χ1v) is 8.44. The van der Waals surface area contributed by atoms with Crippen LogP contribution in [0.15, 0.2) is 59.5 Å². The van der Waals surface area contributed by atoms with Crippen LogP contribution in [0.2, 0.25) is 0 Å². The van der Waals surface area contributed by atoms with Gasteiger partial charge in [0.25, 0.3) is 0 Å². The fraction of sp³-hybridized carbons (Fsp3) is 0.100. The molecule has 24 heavy (non-hydrogen) atoms. The third kappa shape index (κ3) is 2.94. The first-order chi connectivity index (χ1) is 11.6. The van der Waals surface area contributed by atoms with Crippen molar-refractivity contribution in [3.63, 3.8) is 0 Å². The molecule has 0 aliphatic heterocycles. The van der Waals surface area contributed by atoms with Crippen LogP contribution in [0.4, 0.5) is 0 Å². The van der Waals surface area contributed by atoms with Crippen molar-refractivity contribution < 1.29 is 4.79 Å². The molecule has 0 saturated heterocycles. The van der Waals surface area contributed by atoms with Gasteiger partial charge in [-0.2, -0.15) is 5.26 Å². The molecule has 0 saturated carbocycles. The second-order valence-corrected chi connectivity index (χ2v) is 6.42. The second kappa shape index (κ2) is 6.69. The van der Waals surface area contributed by atoms with Gasteiger partial charge in [-0.25, -0.2) is 0 Å². The Balaban J connectivity index is 2.04. The van der Waals surface area contributed by atoms with E-state index in [1.165, 1.54) is 11.3 Å². The number of nitrogens with zero attached hydrogens (tertiary/aromatic N) is 2. The molecule has 2 heterocycles. The Morgan fingerprint density at radius 1 is 1.17 bits per heavy atom. The van der Waals surface area contributed by atoms with Crippen LogP contribution in [0.3, 0.4) is 0 Å². The van der Waals surface area contributed by atoms with Gasteiger partial charge in [-0.1, -0.05) is 24.3 Å². The Morgan fingerprint density at radius 2 is 1.92 bits per heavy atom. The predicted molar refractivity (Wildman–Crippen MR) is 97.5 cm³/mol. The number of carbonyl (C=O) groups is 1. The Labute approximate surface area is 145 Å². The minimum absolute atomic E-state index is 0.158. The summed E-state index contributed by atoms with van der Waals surface area (Å²) in [6, 6.07) is 17.6. The Bertz CT molecular complexity index is 942. The normalized spacial score (nSPS) is 11.3. The number of carbonyl (C=O) groups excluding carboxylic acids is 1. The maximum Gasteiger partial charge on any atom is 0.213 e. The van der Waals surface area contributed by atoms with E-state index in [-0.39, 0.29) is 11.4 Å². The molecule has 118 valence electrons. The molecular weight excluding hydrogens is 316 g/mol. The Kier molecular flexibility index (Phi) is 4.45. The monoisotopic (exact) mass is 332 g/mol. The summed E-state index contributed by atoms with van der Waals surface area (Å²) in [5, 5.41) is 11.2. The zero-order valence-corrected chi connectivity index (χ0v) is 14.3. The molecule has 4 heteroatoms. The molecule has 0 bridgehead atoms. The highest BCUT2D eigenvalue weighted by Gasteiger charge is 2.15. The predicted octanol–water partition coefficient (Wildman–Crippen LogP) is 4.95. The lowest BCUT2D eigenvalue weighted by atomic mass is 10.1. The molecule has 3 aromatic rings. The van der Waals surface area contributed by atoms with E-state index in [1.807, 2.05) is 67.8 Å². The van der Waals surface area contributed by atoms with Crippen LogP contribution in [0, 0.1) is 25.2 Å². The number of benzene rings is 1. The minimum Gasteiger partial charge on any atom is -0.318 e.